The maximum atomic E-state index is 13.8. The SMILES string of the molecule is CN(C)c1ccc(C2/C(=C(\O)c3ccc4c(c3)OCO4)C(=O)C(=O)N2c2nc3ccc(F)cc3[nH]2)cc1. The van der Waals surface area contributed by atoms with E-state index in [4.69, 9.17) is 9.47 Å². The van der Waals surface area contributed by atoms with Crippen molar-refractivity contribution in [3.05, 3.63) is 83.2 Å². The van der Waals surface area contributed by atoms with Crippen LogP contribution in [0, 0.1) is 5.82 Å². The molecule has 0 saturated carbocycles. The van der Waals surface area contributed by atoms with Crippen molar-refractivity contribution in [2.45, 2.75) is 6.04 Å². The summed E-state index contributed by atoms with van der Waals surface area (Å²) in [7, 11) is 3.79. The summed E-state index contributed by atoms with van der Waals surface area (Å²) in [5, 5.41) is 11.4. The van der Waals surface area contributed by atoms with E-state index in [1.807, 2.05) is 31.1 Å². The Kier molecular flexibility index (Phi) is 5.11. The van der Waals surface area contributed by atoms with Gasteiger partial charge in [-0.2, -0.15) is 0 Å². The lowest BCUT2D eigenvalue weighted by atomic mass is 9.95. The number of benzene rings is 3. The molecule has 0 bridgehead atoms. The largest absolute Gasteiger partial charge is 0.507 e. The molecule has 1 atom stereocenters. The molecule has 9 nitrogen and oxygen atoms in total. The van der Waals surface area contributed by atoms with Crippen LogP contribution in [-0.4, -0.2) is 47.7 Å². The fraction of sp³-hybridized carbons (Fsp3) is 0.148. The van der Waals surface area contributed by atoms with Gasteiger partial charge in [-0.3, -0.25) is 14.5 Å². The van der Waals surface area contributed by atoms with Crippen LogP contribution in [-0.2, 0) is 9.59 Å². The first-order valence-electron chi connectivity index (χ1n) is 11.5. The van der Waals surface area contributed by atoms with Crippen molar-refractivity contribution in [3.8, 4) is 11.5 Å². The van der Waals surface area contributed by atoms with E-state index in [9.17, 15) is 19.1 Å². The summed E-state index contributed by atoms with van der Waals surface area (Å²) in [4.78, 5) is 37.3. The molecule has 3 aromatic carbocycles. The number of imidazole rings is 1. The first-order valence-corrected chi connectivity index (χ1v) is 11.5. The van der Waals surface area contributed by atoms with Gasteiger partial charge in [-0.1, -0.05) is 12.1 Å². The number of halogens is 1. The normalized spacial score (nSPS) is 18.1. The lowest BCUT2D eigenvalue weighted by Crippen LogP contribution is -2.30. The molecule has 4 aromatic rings. The molecule has 2 aliphatic rings. The minimum Gasteiger partial charge on any atom is -0.507 e. The van der Waals surface area contributed by atoms with Crippen LogP contribution in [0.1, 0.15) is 17.2 Å². The van der Waals surface area contributed by atoms with E-state index in [1.165, 1.54) is 23.1 Å². The van der Waals surface area contributed by atoms with Crippen molar-refractivity contribution in [2.24, 2.45) is 0 Å². The summed E-state index contributed by atoms with van der Waals surface area (Å²) >= 11 is 0. The predicted molar refractivity (Wildman–Crippen MR) is 134 cm³/mol. The predicted octanol–water partition coefficient (Wildman–Crippen LogP) is 4.12. The fourth-order valence-electron chi connectivity index (χ4n) is 4.60. The molecule has 10 heteroatoms. The summed E-state index contributed by atoms with van der Waals surface area (Å²) in [5.41, 5.74) is 2.48. The fourth-order valence-corrected chi connectivity index (χ4v) is 4.60. The number of ether oxygens (including phenoxy) is 2. The van der Waals surface area contributed by atoms with Crippen molar-refractivity contribution in [1.29, 1.82) is 0 Å². The second-order valence-corrected chi connectivity index (χ2v) is 8.94. The number of anilines is 2. The highest BCUT2D eigenvalue weighted by atomic mass is 19.1. The molecule has 1 unspecified atom stereocenters. The lowest BCUT2D eigenvalue weighted by molar-refractivity contribution is -0.132. The topological polar surface area (TPSA) is 108 Å². The van der Waals surface area contributed by atoms with E-state index >= 15 is 0 Å². The number of nitrogens with one attached hydrogen (secondary N) is 1. The summed E-state index contributed by atoms with van der Waals surface area (Å²) in [6.45, 7) is 0.0504. The van der Waals surface area contributed by atoms with Crippen molar-refractivity contribution >= 4 is 40.1 Å². The molecule has 1 amide bonds. The number of carbonyl (C=O) groups excluding carboxylic acids is 2. The van der Waals surface area contributed by atoms with E-state index in [2.05, 4.69) is 9.97 Å². The Bertz CT molecular complexity index is 1610. The lowest BCUT2D eigenvalue weighted by Gasteiger charge is -2.23. The molecule has 1 fully saturated rings. The number of aromatic nitrogens is 2. The number of hydrogen-bond acceptors (Lipinski definition) is 7. The van der Waals surface area contributed by atoms with E-state index in [-0.39, 0.29) is 24.1 Å². The van der Waals surface area contributed by atoms with Crippen molar-refractivity contribution < 1.29 is 28.6 Å². The Hall–Kier alpha value is -4.86. The first-order chi connectivity index (χ1) is 17.8. The standard InChI is InChI=1S/C27H21FN4O5/c1-31(2)17-7-3-14(4-8-17)23-22(24(33)15-5-10-20-21(11-15)37-13-36-20)25(34)26(35)32(23)27-29-18-9-6-16(28)12-19(18)30-27/h3-12,23,33H,13H2,1-2H3,(H,29,30)/b24-22+. The molecule has 1 saturated heterocycles. The zero-order chi connectivity index (χ0) is 25.8. The smallest absolute Gasteiger partial charge is 0.302 e. The maximum Gasteiger partial charge on any atom is 0.302 e. The van der Waals surface area contributed by atoms with Gasteiger partial charge < -0.3 is 24.5 Å². The zero-order valence-electron chi connectivity index (χ0n) is 19.9. The van der Waals surface area contributed by atoms with Gasteiger partial charge in [0.15, 0.2) is 11.5 Å². The van der Waals surface area contributed by atoms with E-state index < -0.39 is 23.5 Å². The van der Waals surface area contributed by atoms with E-state index in [0.717, 1.165) is 5.69 Å². The maximum absolute atomic E-state index is 13.8. The van der Waals surface area contributed by atoms with Crippen LogP contribution in [0.2, 0.25) is 0 Å². The summed E-state index contributed by atoms with van der Waals surface area (Å²) in [6.07, 6.45) is 0. The number of amides is 1. The second-order valence-electron chi connectivity index (χ2n) is 8.94. The molecule has 1 aromatic heterocycles. The third kappa shape index (κ3) is 3.65. The Labute approximate surface area is 210 Å². The molecule has 3 heterocycles. The number of ketones is 1. The molecule has 6 rings (SSSR count). The van der Waals surface area contributed by atoms with Gasteiger partial charge in [0.05, 0.1) is 22.6 Å². The number of nitrogens with zero attached hydrogens (tertiary/aromatic N) is 3. The highest BCUT2D eigenvalue weighted by Crippen LogP contribution is 2.43. The number of carbonyl (C=O) groups is 2. The van der Waals surface area contributed by atoms with Crippen LogP contribution in [0.5, 0.6) is 11.5 Å². The van der Waals surface area contributed by atoms with Crippen LogP contribution in [0.15, 0.2) is 66.2 Å². The second kappa shape index (κ2) is 8.37. The molecule has 186 valence electrons. The average molecular weight is 500 g/mol. The average Bonchev–Trinajstić information content (AvgIpc) is 3.59. The van der Waals surface area contributed by atoms with Crippen LogP contribution < -0.4 is 19.3 Å². The number of aromatic amines is 1. The monoisotopic (exact) mass is 500 g/mol. The van der Waals surface area contributed by atoms with Crippen molar-refractivity contribution in [1.82, 2.24) is 9.97 Å². The van der Waals surface area contributed by atoms with Gasteiger partial charge in [-0.25, -0.2) is 9.37 Å². The number of hydrogen-bond donors (Lipinski definition) is 2. The number of H-pyrrole nitrogens is 1. The van der Waals surface area contributed by atoms with Crippen molar-refractivity contribution in [3.63, 3.8) is 0 Å². The summed E-state index contributed by atoms with van der Waals surface area (Å²) in [6, 6.07) is 15.1. The van der Waals surface area contributed by atoms with Crippen LogP contribution in [0.3, 0.4) is 0 Å². The molecule has 37 heavy (non-hydrogen) atoms. The molecular weight excluding hydrogens is 479 g/mol. The number of aliphatic hydroxyl groups is 1. The van der Waals surface area contributed by atoms with Gasteiger partial charge in [-0.15, -0.1) is 0 Å². The Balaban J connectivity index is 1.54. The summed E-state index contributed by atoms with van der Waals surface area (Å²) in [5.74, 6) is -1.57. The first kappa shape index (κ1) is 22.6. The highest BCUT2D eigenvalue weighted by Gasteiger charge is 2.48. The Morgan fingerprint density at radius 1 is 1.05 bits per heavy atom. The molecular formula is C27H21FN4O5. The third-order valence-corrected chi connectivity index (χ3v) is 6.48. The molecule has 0 radical (unpaired) electrons. The van der Waals surface area contributed by atoms with Crippen LogP contribution in [0.4, 0.5) is 16.0 Å². The van der Waals surface area contributed by atoms with Gasteiger partial charge in [0.1, 0.15) is 11.6 Å². The number of Topliss-reactive ketones (excluding diaryl/α,β-unsaturated/α-hetero) is 1. The quantitative estimate of drug-likeness (QED) is 0.247. The minimum atomic E-state index is -0.993. The number of fused-ring (bicyclic) bond motifs is 2. The van der Waals surface area contributed by atoms with Crippen molar-refractivity contribution in [2.75, 3.05) is 30.7 Å². The van der Waals surface area contributed by atoms with Crippen LogP contribution >= 0.6 is 0 Å². The van der Waals surface area contributed by atoms with Gasteiger partial charge in [-0.05, 0) is 54.1 Å². The third-order valence-electron chi connectivity index (χ3n) is 6.48. The van der Waals surface area contributed by atoms with E-state index in [1.54, 1.807) is 30.3 Å². The number of rotatable bonds is 4. The van der Waals surface area contributed by atoms with Gasteiger partial charge in [0.2, 0.25) is 12.7 Å². The van der Waals surface area contributed by atoms with Gasteiger partial charge >= 0.3 is 5.91 Å². The zero-order valence-corrected chi connectivity index (χ0v) is 19.9. The van der Waals surface area contributed by atoms with Gasteiger partial charge in [0, 0.05) is 25.3 Å². The van der Waals surface area contributed by atoms with Crippen LogP contribution in [0.25, 0.3) is 16.8 Å². The van der Waals surface area contributed by atoms with E-state index in [0.29, 0.717) is 33.7 Å². The van der Waals surface area contributed by atoms with Gasteiger partial charge in [0.25, 0.3) is 5.78 Å². The molecule has 2 N–H and O–H groups in total. The highest BCUT2D eigenvalue weighted by molar-refractivity contribution is 6.51. The summed E-state index contributed by atoms with van der Waals surface area (Å²) < 4.78 is 24.6. The molecule has 0 aliphatic carbocycles. The Morgan fingerprint density at radius 3 is 2.57 bits per heavy atom. The minimum absolute atomic E-state index is 0.0504. The Morgan fingerprint density at radius 2 is 1.81 bits per heavy atom. The molecule has 0 spiro atoms. The molecule has 2 aliphatic heterocycles. The number of aliphatic hydroxyl groups excluding tert-OH is 1.